The van der Waals surface area contributed by atoms with Crippen LogP contribution in [0, 0.1) is 3.57 Å². The van der Waals surface area contributed by atoms with Crippen LogP contribution >= 0.6 is 22.6 Å². The molecule has 0 bridgehead atoms. The van der Waals surface area contributed by atoms with E-state index in [1.165, 1.54) is 20.3 Å². The molecular weight excluding hydrogens is 297 g/mol. The minimum absolute atomic E-state index is 0.405. The van der Waals surface area contributed by atoms with Crippen molar-refractivity contribution in [3.63, 3.8) is 0 Å². The molecule has 1 rings (SSSR count). The molecular formula is C9H10INO3. The molecule has 0 aliphatic carbocycles. The van der Waals surface area contributed by atoms with Crippen molar-refractivity contribution in [3.8, 4) is 5.75 Å². The number of rotatable bonds is 2. The third kappa shape index (κ3) is 2.09. The van der Waals surface area contributed by atoms with E-state index in [1.54, 1.807) is 6.07 Å². The van der Waals surface area contributed by atoms with E-state index in [2.05, 4.69) is 4.74 Å². The summed E-state index contributed by atoms with van der Waals surface area (Å²) in [7, 11) is 2.86. The van der Waals surface area contributed by atoms with Gasteiger partial charge in [0.15, 0.2) is 5.75 Å². The lowest BCUT2D eigenvalue weighted by Gasteiger charge is -2.08. The summed E-state index contributed by atoms with van der Waals surface area (Å²) < 4.78 is 10.4. The Bertz CT molecular complexity index is 342. The van der Waals surface area contributed by atoms with Crippen LogP contribution in [0.1, 0.15) is 10.4 Å². The number of halogens is 1. The molecule has 0 heterocycles. The fourth-order valence-corrected chi connectivity index (χ4v) is 1.93. The van der Waals surface area contributed by atoms with E-state index in [4.69, 9.17) is 10.5 Å². The summed E-state index contributed by atoms with van der Waals surface area (Å²) in [6.45, 7) is 0. The van der Waals surface area contributed by atoms with Crippen molar-refractivity contribution in [1.29, 1.82) is 0 Å². The van der Waals surface area contributed by atoms with Crippen LogP contribution in [-0.2, 0) is 4.74 Å². The molecule has 1 aromatic rings. The Labute approximate surface area is 95.5 Å². The van der Waals surface area contributed by atoms with Crippen LogP contribution in [0.2, 0.25) is 0 Å². The number of nitrogens with two attached hydrogens (primary N) is 1. The number of carbonyl (C=O) groups excluding carboxylic acids is 1. The van der Waals surface area contributed by atoms with Crippen LogP contribution < -0.4 is 10.5 Å². The first-order valence-electron chi connectivity index (χ1n) is 3.81. The molecule has 0 fully saturated rings. The van der Waals surface area contributed by atoms with E-state index in [0.29, 0.717) is 17.0 Å². The maximum atomic E-state index is 11.2. The second-order valence-corrected chi connectivity index (χ2v) is 3.73. The van der Waals surface area contributed by atoms with Crippen LogP contribution in [0.25, 0.3) is 0 Å². The Kier molecular flexibility index (Phi) is 3.56. The molecule has 14 heavy (non-hydrogen) atoms. The lowest BCUT2D eigenvalue weighted by molar-refractivity contribution is 0.0600. The Morgan fingerprint density at radius 1 is 1.43 bits per heavy atom. The summed E-state index contributed by atoms with van der Waals surface area (Å²) in [5, 5.41) is 0. The normalized spacial score (nSPS) is 9.64. The van der Waals surface area contributed by atoms with Gasteiger partial charge in [0.05, 0.1) is 29.0 Å². The van der Waals surface area contributed by atoms with Crippen molar-refractivity contribution in [2.45, 2.75) is 0 Å². The molecule has 0 aliphatic heterocycles. The van der Waals surface area contributed by atoms with Gasteiger partial charge in [0.2, 0.25) is 0 Å². The Balaban J connectivity index is 3.20. The van der Waals surface area contributed by atoms with Gasteiger partial charge in [-0.3, -0.25) is 0 Å². The summed E-state index contributed by atoms with van der Waals surface area (Å²) in [6, 6.07) is 3.20. The van der Waals surface area contributed by atoms with Gasteiger partial charge in [0.25, 0.3) is 0 Å². The van der Waals surface area contributed by atoms with E-state index >= 15 is 0 Å². The fraction of sp³-hybridized carbons (Fsp3) is 0.222. The van der Waals surface area contributed by atoms with Crippen molar-refractivity contribution in [1.82, 2.24) is 0 Å². The number of nitrogen functional groups attached to an aromatic ring is 1. The zero-order valence-electron chi connectivity index (χ0n) is 7.83. The third-order valence-corrected chi connectivity index (χ3v) is 2.50. The quantitative estimate of drug-likeness (QED) is 0.513. The highest BCUT2D eigenvalue weighted by molar-refractivity contribution is 14.1. The highest BCUT2D eigenvalue weighted by Gasteiger charge is 2.12. The summed E-state index contributed by atoms with van der Waals surface area (Å²) in [6.07, 6.45) is 0. The molecule has 5 heteroatoms. The molecule has 4 nitrogen and oxygen atoms in total. The van der Waals surface area contributed by atoms with Crippen LogP contribution in [-0.4, -0.2) is 20.2 Å². The number of anilines is 1. The number of hydrogen-bond donors (Lipinski definition) is 1. The highest BCUT2D eigenvalue weighted by Crippen LogP contribution is 2.29. The maximum Gasteiger partial charge on any atom is 0.337 e. The zero-order valence-corrected chi connectivity index (χ0v) is 9.99. The van der Waals surface area contributed by atoms with E-state index in [1.807, 2.05) is 22.6 Å². The Morgan fingerprint density at radius 3 is 2.50 bits per heavy atom. The maximum absolute atomic E-state index is 11.2. The predicted molar refractivity (Wildman–Crippen MR) is 61.5 cm³/mol. The highest BCUT2D eigenvalue weighted by atomic mass is 127. The monoisotopic (exact) mass is 307 g/mol. The van der Waals surface area contributed by atoms with Crippen LogP contribution in [0.3, 0.4) is 0 Å². The van der Waals surface area contributed by atoms with Gasteiger partial charge in [-0.05, 0) is 34.7 Å². The average Bonchev–Trinajstić information content (AvgIpc) is 2.16. The van der Waals surface area contributed by atoms with Gasteiger partial charge in [-0.15, -0.1) is 0 Å². The number of hydrogen-bond acceptors (Lipinski definition) is 4. The molecule has 0 atom stereocenters. The van der Waals surface area contributed by atoms with Crippen molar-refractivity contribution < 1.29 is 14.3 Å². The number of methoxy groups -OCH3 is 2. The topological polar surface area (TPSA) is 61.5 Å². The van der Waals surface area contributed by atoms with Gasteiger partial charge < -0.3 is 15.2 Å². The molecule has 0 aromatic heterocycles. The largest absolute Gasteiger partial charge is 0.493 e. The fourth-order valence-electron chi connectivity index (χ4n) is 1.07. The van der Waals surface area contributed by atoms with Gasteiger partial charge in [0.1, 0.15) is 0 Å². The minimum Gasteiger partial charge on any atom is -0.493 e. The molecule has 0 saturated heterocycles. The second kappa shape index (κ2) is 4.50. The minimum atomic E-state index is -0.405. The first-order chi connectivity index (χ1) is 6.60. The molecule has 0 spiro atoms. The van der Waals surface area contributed by atoms with E-state index < -0.39 is 5.97 Å². The van der Waals surface area contributed by atoms with Crippen LogP contribution in [0.4, 0.5) is 5.69 Å². The molecule has 0 amide bonds. The van der Waals surface area contributed by atoms with Gasteiger partial charge >= 0.3 is 5.97 Å². The van der Waals surface area contributed by atoms with Gasteiger partial charge in [-0.1, -0.05) is 0 Å². The first-order valence-corrected chi connectivity index (χ1v) is 4.89. The van der Waals surface area contributed by atoms with Crippen molar-refractivity contribution in [2.75, 3.05) is 20.0 Å². The number of ether oxygens (including phenoxy) is 2. The molecule has 76 valence electrons. The molecule has 1 aromatic carbocycles. The molecule has 0 saturated carbocycles. The molecule has 2 N–H and O–H groups in total. The lowest BCUT2D eigenvalue weighted by atomic mass is 10.2. The smallest absolute Gasteiger partial charge is 0.337 e. The van der Waals surface area contributed by atoms with Crippen molar-refractivity contribution >= 4 is 34.2 Å². The van der Waals surface area contributed by atoms with Gasteiger partial charge in [-0.25, -0.2) is 4.79 Å². The predicted octanol–water partition coefficient (Wildman–Crippen LogP) is 1.67. The summed E-state index contributed by atoms with van der Waals surface area (Å²) in [5.41, 5.74) is 6.54. The van der Waals surface area contributed by atoms with Crippen LogP contribution in [0.5, 0.6) is 5.75 Å². The SMILES string of the molecule is COC(=O)c1cc(N)c(OC)c(I)c1. The Hall–Kier alpha value is -0.980. The first kappa shape index (κ1) is 11.1. The van der Waals surface area contributed by atoms with Crippen LogP contribution in [0.15, 0.2) is 12.1 Å². The van der Waals surface area contributed by atoms with Crippen molar-refractivity contribution in [3.05, 3.63) is 21.3 Å². The van der Waals surface area contributed by atoms with Gasteiger partial charge in [0, 0.05) is 0 Å². The standard InChI is InChI=1S/C9H10INO3/c1-13-8-6(10)3-5(4-7(8)11)9(12)14-2/h3-4H,11H2,1-2H3. The van der Waals surface area contributed by atoms with E-state index in [-0.39, 0.29) is 0 Å². The number of esters is 1. The third-order valence-electron chi connectivity index (χ3n) is 1.70. The summed E-state index contributed by atoms with van der Waals surface area (Å²) >= 11 is 2.05. The number of carbonyl (C=O) groups is 1. The van der Waals surface area contributed by atoms with Crippen molar-refractivity contribution in [2.24, 2.45) is 0 Å². The summed E-state index contributed by atoms with van der Waals surface area (Å²) in [4.78, 5) is 11.2. The zero-order chi connectivity index (χ0) is 10.7. The average molecular weight is 307 g/mol. The summed E-state index contributed by atoms with van der Waals surface area (Å²) in [5.74, 6) is 0.176. The second-order valence-electron chi connectivity index (χ2n) is 2.57. The molecule has 0 radical (unpaired) electrons. The lowest BCUT2D eigenvalue weighted by Crippen LogP contribution is -2.04. The number of benzene rings is 1. The van der Waals surface area contributed by atoms with Gasteiger partial charge in [-0.2, -0.15) is 0 Å². The van der Waals surface area contributed by atoms with E-state index in [0.717, 1.165) is 3.57 Å². The molecule has 0 aliphatic rings. The molecule has 0 unspecified atom stereocenters. The Morgan fingerprint density at radius 2 is 2.07 bits per heavy atom. The van der Waals surface area contributed by atoms with E-state index in [9.17, 15) is 4.79 Å².